The van der Waals surface area contributed by atoms with Crippen molar-refractivity contribution < 1.29 is 12.9 Å². The Kier molecular flexibility index (Phi) is 4.88. The summed E-state index contributed by atoms with van der Waals surface area (Å²) in [5, 5.41) is 8.56. The number of aryl methyl sites for hydroxylation is 1. The minimum absolute atomic E-state index is 0.221. The van der Waals surface area contributed by atoms with Gasteiger partial charge in [0.05, 0.1) is 5.56 Å². The molecule has 0 spiro atoms. The van der Waals surface area contributed by atoms with Gasteiger partial charge in [-0.05, 0) is 30.5 Å². The normalized spacial score (nSPS) is 11.5. The van der Waals surface area contributed by atoms with E-state index in [9.17, 15) is 8.42 Å². The smallest absolute Gasteiger partial charge is 0.261 e. The highest BCUT2D eigenvalue weighted by Gasteiger charge is 2.15. The Morgan fingerprint density at radius 2 is 2.12 bits per heavy atom. The summed E-state index contributed by atoms with van der Waals surface area (Å²) in [6.45, 7) is 2.32. The lowest BCUT2D eigenvalue weighted by molar-refractivity contribution is 0.425. The van der Waals surface area contributed by atoms with Crippen LogP contribution in [0.4, 0.5) is 5.82 Å². The summed E-state index contributed by atoms with van der Waals surface area (Å²) in [4.78, 5) is 8.41. The first-order chi connectivity index (χ1) is 11.6. The largest absolute Gasteiger partial charge is 0.368 e. The van der Waals surface area contributed by atoms with E-state index in [1.165, 1.54) is 11.3 Å². The number of nitrogens with zero attached hydrogens (tertiary/aromatic N) is 3. The van der Waals surface area contributed by atoms with Gasteiger partial charge < -0.3 is 9.84 Å². The molecule has 3 heterocycles. The van der Waals surface area contributed by atoms with Crippen molar-refractivity contribution in [2.75, 3.05) is 18.4 Å². The molecule has 0 radical (unpaired) electrons. The first-order valence-corrected chi connectivity index (χ1v) is 9.45. The summed E-state index contributed by atoms with van der Waals surface area (Å²) in [6, 6.07) is 6.83. The Hall–Kier alpha value is -2.30. The van der Waals surface area contributed by atoms with Gasteiger partial charge in [0.1, 0.15) is 10.0 Å². The second-order valence-corrected chi connectivity index (χ2v) is 7.74. The molecule has 126 valence electrons. The van der Waals surface area contributed by atoms with Gasteiger partial charge in [-0.15, -0.1) is 11.3 Å². The van der Waals surface area contributed by atoms with Gasteiger partial charge in [-0.25, -0.2) is 18.1 Å². The van der Waals surface area contributed by atoms with E-state index in [-0.39, 0.29) is 6.54 Å². The molecular formula is C14H15N5O3S2. The highest BCUT2D eigenvalue weighted by molar-refractivity contribution is 7.91. The lowest BCUT2D eigenvalue weighted by Crippen LogP contribution is -2.28. The predicted octanol–water partition coefficient (Wildman–Crippen LogP) is 1.89. The number of thiophene rings is 1. The fourth-order valence-corrected chi connectivity index (χ4v) is 4.05. The van der Waals surface area contributed by atoms with Crippen LogP contribution in [0.5, 0.6) is 0 Å². The van der Waals surface area contributed by atoms with Crippen LogP contribution in [0.1, 0.15) is 5.82 Å². The highest BCUT2D eigenvalue weighted by Crippen LogP contribution is 2.23. The second kappa shape index (κ2) is 7.07. The Balaban J connectivity index is 1.62. The molecule has 0 amide bonds. The number of aromatic nitrogens is 3. The second-order valence-electron chi connectivity index (χ2n) is 4.80. The third kappa shape index (κ3) is 3.78. The van der Waals surface area contributed by atoms with Crippen molar-refractivity contribution in [2.45, 2.75) is 11.1 Å². The van der Waals surface area contributed by atoms with Gasteiger partial charge >= 0.3 is 0 Å². The fourth-order valence-electron chi connectivity index (χ4n) is 1.98. The zero-order valence-electron chi connectivity index (χ0n) is 12.8. The first kappa shape index (κ1) is 16.6. The number of rotatable bonds is 7. The van der Waals surface area contributed by atoms with Crippen LogP contribution in [0.25, 0.3) is 11.5 Å². The highest BCUT2D eigenvalue weighted by atomic mass is 32.2. The van der Waals surface area contributed by atoms with Crippen LogP contribution in [-0.2, 0) is 10.0 Å². The summed E-state index contributed by atoms with van der Waals surface area (Å²) in [5.41, 5.74) is 0.666. The van der Waals surface area contributed by atoms with E-state index >= 15 is 0 Å². The summed E-state index contributed by atoms with van der Waals surface area (Å²) >= 11 is 1.18. The van der Waals surface area contributed by atoms with Crippen molar-refractivity contribution in [3.63, 3.8) is 0 Å². The summed E-state index contributed by atoms with van der Waals surface area (Å²) in [5.74, 6) is 1.45. The van der Waals surface area contributed by atoms with Gasteiger partial charge in [0.2, 0.25) is 10.0 Å². The van der Waals surface area contributed by atoms with Crippen molar-refractivity contribution >= 4 is 27.2 Å². The van der Waals surface area contributed by atoms with Crippen LogP contribution in [-0.4, -0.2) is 36.6 Å². The fraction of sp³-hybridized carbons (Fsp3) is 0.214. The SMILES string of the molecule is Cc1noc(-c2cccnc2NCCNS(=O)(=O)c2cccs2)n1. The Morgan fingerprint density at radius 1 is 1.25 bits per heavy atom. The number of nitrogens with one attached hydrogen (secondary N) is 2. The van der Waals surface area contributed by atoms with Crippen LogP contribution >= 0.6 is 11.3 Å². The molecule has 8 nitrogen and oxygen atoms in total. The summed E-state index contributed by atoms with van der Waals surface area (Å²) < 4.78 is 32.0. The maximum absolute atomic E-state index is 12.0. The Bertz CT molecular complexity index is 906. The molecule has 0 saturated heterocycles. The lowest BCUT2D eigenvalue weighted by Gasteiger charge is -2.09. The molecule has 0 aliphatic heterocycles. The van der Waals surface area contributed by atoms with E-state index in [2.05, 4.69) is 25.2 Å². The zero-order chi connectivity index (χ0) is 17.0. The molecule has 3 aromatic heterocycles. The van der Waals surface area contributed by atoms with E-state index in [1.807, 2.05) is 0 Å². The molecule has 0 aromatic carbocycles. The maximum atomic E-state index is 12.0. The molecule has 0 atom stereocenters. The molecule has 0 fully saturated rings. The molecule has 0 bridgehead atoms. The quantitative estimate of drug-likeness (QED) is 0.615. The van der Waals surface area contributed by atoms with Crippen LogP contribution in [0, 0.1) is 6.92 Å². The standard InChI is InChI=1S/C14H15N5O3S2/c1-10-18-14(22-19-10)11-4-2-6-15-13(11)16-7-8-17-24(20,21)12-5-3-9-23-12/h2-6,9,17H,7-8H2,1H3,(H,15,16). The first-order valence-electron chi connectivity index (χ1n) is 7.09. The topological polar surface area (TPSA) is 110 Å². The Labute approximate surface area is 143 Å². The molecular weight excluding hydrogens is 350 g/mol. The third-order valence-electron chi connectivity index (χ3n) is 3.04. The summed E-state index contributed by atoms with van der Waals surface area (Å²) in [6.07, 6.45) is 1.63. The third-order valence-corrected chi connectivity index (χ3v) is 5.89. The zero-order valence-corrected chi connectivity index (χ0v) is 14.4. The molecule has 10 heteroatoms. The van der Waals surface area contributed by atoms with Gasteiger partial charge in [0.15, 0.2) is 5.82 Å². The van der Waals surface area contributed by atoms with E-state index in [4.69, 9.17) is 4.52 Å². The molecule has 0 saturated carbocycles. The molecule has 0 aliphatic rings. The van der Waals surface area contributed by atoms with Crippen LogP contribution < -0.4 is 10.0 Å². The molecule has 3 aromatic rings. The average molecular weight is 365 g/mol. The minimum Gasteiger partial charge on any atom is -0.368 e. The van der Waals surface area contributed by atoms with Crippen molar-refractivity contribution in [3.8, 4) is 11.5 Å². The molecule has 24 heavy (non-hydrogen) atoms. The number of hydrogen-bond donors (Lipinski definition) is 2. The molecule has 0 unspecified atom stereocenters. The van der Waals surface area contributed by atoms with Gasteiger partial charge in [-0.3, -0.25) is 0 Å². The van der Waals surface area contributed by atoms with Gasteiger partial charge in [-0.1, -0.05) is 11.2 Å². The van der Waals surface area contributed by atoms with E-state index in [0.29, 0.717) is 33.9 Å². The summed E-state index contributed by atoms with van der Waals surface area (Å²) in [7, 11) is -3.46. The van der Waals surface area contributed by atoms with E-state index < -0.39 is 10.0 Å². The minimum atomic E-state index is -3.46. The van der Waals surface area contributed by atoms with Crippen molar-refractivity contribution in [3.05, 3.63) is 41.7 Å². The van der Waals surface area contributed by atoms with Crippen molar-refractivity contribution in [1.82, 2.24) is 19.8 Å². The van der Waals surface area contributed by atoms with Crippen molar-refractivity contribution in [1.29, 1.82) is 0 Å². The number of anilines is 1. The van der Waals surface area contributed by atoms with E-state index in [1.54, 1.807) is 42.8 Å². The Morgan fingerprint density at radius 3 is 2.83 bits per heavy atom. The van der Waals surface area contributed by atoms with Crippen LogP contribution in [0.2, 0.25) is 0 Å². The van der Waals surface area contributed by atoms with Gasteiger partial charge in [-0.2, -0.15) is 4.98 Å². The monoisotopic (exact) mass is 365 g/mol. The van der Waals surface area contributed by atoms with Crippen LogP contribution in [0.3, 0.4) is 0 Å². The van der Waals surface area contributed by atoms with E-state index in [0.717, 1.165) is 0 Å². The number of hydrogen-bond acceptors (Lipinski definition) is 8. The van der Waals surface area contributed by atoms with Gasteiger partial charge in [0.25, 0.3) is 5.89 Å². The predicted molar refractivity (Wildman–Crippen MR) is 90.3 cm³/mol. The number of sulfonamides is 1. The van der Waals surface area contributed by atoms with Gasteiger partial charge in [0, 0.05) is 19.3 Å². The molecule has 0 aliphatic carbocycles. The maximum Gasteiger partial charge on any atom is 0.261 e. The molecule has 2 N–H and O–H groups in total. The van der Waals surface area contributed by atoms with Crippen molar-refractivity contribution in [2.24, 2.45) is 0 Å². The van der Waals surface area contributed by atoms with Crippen LogP contribution in [0.15, 0.2) is 44.6 Å². The lowest BCUT2D eigenvalue weighted by atomic mass is 10.2. The average Bonchev–Trinajstić information content (AvgIpc) is 3.24. The number of pyridine rings is 1. The molecule has 3 rings (SSSR count).